The highest BCUT2D eigenvalue weighted by Crippen LogP contribution is 2.64. The number of esters is 1. The molecular weight excluding hydrogens is 304 g/mol. The first-order valence-electron chi connectivity index (χ1n) is 9.29. The van der Waals surface area contributed by atoms with Crippen molar-refractivity contribution in [2.45, 2.75) is 72.3 Å². The fourth-order valence-electron chi connectivity index (χ4n) is 5.99. The highest BCUT2D eigenvalue weighted by atomic mass is 16.6. The zero-order valence-electron chi connectivity index (χ0n) is 15.3. The summed E-state index contributed by atoms with van der Waals surface area (Å²) in [7, 11) is 0. The Balaban J connectivity index is 1.84. The second-order valence-electron chi connectivity index (χ2n) is 8.87. The molecule has 24 heavy (non-hydrogen) atoms. The Morgan fingerprint density at radius 3 is 2.79 bits per heavy atom. The van der Waals surface area contributed by atoms with Gasteiger partial charge in [-0.1, -0.05) is 25.8 Å². The highest BCUT2D eigenvalue weighted by molar-refractivity contribution is 5.80. The number of allylic oxidation sites excluding steroid dienone is 1. The number of hydrogen-bond acceptors (Lipinski definition) is 3. The summed E-state index contributed by atoms with van der Waals surface area (Å²) in [6.07, 6.45) is 7.38. The van der Waals surface area contributed by atoms with Crippen molar-refractivity contribution in [2.24, 2.45) is 28.6 Å². The van der Waals surface area contributed by atoms with Crippen molar-refractivity contribution in [2.75, 3.05) is 0 Å². The van der Waals surface area contributed by atoms with E-state index in [0.717, 1.165) is 32.1 Å². The molecule has 6 atom stereocenters. The first-order chi connectivity index (χ1) is 11.2. The van der Waals surface area contributed by atoms with E-state index in [0.29, 0.717) is 5.92 Å². The van der Waals surface area contributed by atoms with E-state index in [1.807, 2.05) is 6.92 Å². The Morgan fingerprint density at radius 1 is 1.42 bits per heavy atom. The molecule has 4 heteroatoms. The van der Waals surface area contributed by atoms with Gasteiger partial charge in [0, 0.05) is 12.3 Å². The predicted octanol–water partition coefficient (Wildman–Crippen LogP) is 4.19. The maximum Gasteiger partial charge on any atom is 0.312 e. The fraction of sp³-hybridized carbons (Fsp3) is 0.800. The lowest BCUT2D eigenvalue weighted by Gasteiger charge is -2.54. The largest absolute Gasteiger partial charge is 0.481 e. The summed E-state index contributed by atoms with van der Waals surface area (Å²) in [5.74, 6) is 0.129. The number of ether oxygens (including phenoxy) is 1. The Kier molecular flexibility index (Phi) is 4.29. The van der Waals surface area contributed by atoms with Crippen molar-refractivity contribution >= 4 is 11.9 Å². The molecule has 1 aliphatic heterocycles. The minimum Gasteiger partial charge on any atom is -0.481 e. The molecule has 0 aromatic heterocycles. The summed E-state index contributed by atoms with van der Waals surface area (Å²) >= 11 is 0. The van der Waals surface area contributed by atoms with Gasteiger partial charge in [-0.15, -0.1) is 0 Å². The summed E-state index contributed by atoms with van der Waals surface area (Å²) in [5.41, 5.74) is 1.05. The molecule has 1 N–H and O–H groups in total. The Morgan fingerprint density at radius 2 is 2.12 bits per heavy atom. The van der Waals surface area contributed by atoms with E-state index in [2.05, 4.69) is 26.8 Å². The Hall–Kier alpha value is -1.32. The van der Waals surface area contributed by atoms with Gasteiger partial charge in [0.2, 0.25) is 0 Å². The predicted molar refractivity (Wildman–Crippen MR) is 91.3 cm³/mol. The van der Waals surface area contributed by atoms with E-state index in [-0.39, 0.29) is 41.2 Å². The molecular formula is C20H30O4. The maximum atomic E-state index is 12.5. The number of rotatable bonds is 5. The summed E-state index contributed by atoms with van der Waals surface area (Å²) in [5, 5.41) is 8.99. The third kappa shape index (κ3) is 2.58. The molecule has 1 saturated carbocycles. The van der Waals surface area contributed by atoms with Crippen LogP contribution in [0.5, 0.6) is 0 Å². The SMILES string of the molecule is CC1=C[C@@H]2OC(=O)[C@]3(C)CCC[C@](C)([C@H]1CC[C@H](C)CC(=O)O)[C@H]23. The summed E-state index contributed by atoms with van der Waals surface area (Å²) in [6.45, 7) is 8.61. The van der Waals surface area contributed by atoms with E-state index >= 15 is 0 Å². The van der Waals surface area contributed by atoms with E-state index in [1.165, 1.54) is 5.57 Å². The first kappa shape index (κ1) is 17.5. The zero-order valence-corrected chi connectivity index (χ0v) is 15.3. The minimum atomic E-state index is -0.718. The van der Waals surface area contributed by atoms with E-state index < -0.39 is 5.97 Å². The van der Waals surface area contributed by atoms with Crippen molar-refractivity contribution in [1.29, 1.82) is 0 Å². The number of aliphatic carboxylic acids is 1. The smallest absolute Gasteiger partial charge is 0.312 e. The van der Waals surface area contributed by atoms with Crippen LogP contribution in [0.1, 0.15) is 66.2 Å². The standard InChI is InChI=1S/C20H30O4/c1-12(10-16(21)22)6-7-14-13(2)11-15-17-19(14,3)8-5-9-20(17,4)18(23)24-15/h11-12,14-15,17H,5-10H2,1-4H3,(H,21,22)/t12-,14-,15-,17-,19+,20+/m0/s1. The van der Waals surface area contributed by atoms with Crippen molar-refractivity contribution in [3.8, 4) is 0 Å². The van der Waals surface area contributed by atoms with Gasteiger partial charge in [-0.2, -0.15) is 0 Å². The molecule has 0 aromatic carbocycles. The molecule has 134 valence electrons. The van der Waals surface area contributed by atoms with Crippen LogP contribution >= 0.6 is 0 Å². The van der Waals surface area contributed by atoms with Crippen molar-refractivity contribution < 1.29 is 19.4 Å². The monoisotopic (exact) mass is 334 g/mol. The van der Waals surface area contributed by atoms with Crippen LogP contribution in [0.15, 0.2) is 11.6 Å². The topological polar surface area (TPSA) is 63.6 Å². The quantitative estimate of drug-likeness (QED) is 0.605. The Labute approximate surface area is 144 Å². The van der Waals surface area contributed by atoms with Gasteiger partial charge < -0.3 is 9.84 Å². The molecule has 1 saturated heterocycles. The molecule has 4 nitrogen and oxygen atoms in total. The first-order valence-corrected chi connectivity index (χ1v) is 9.29. The van der Waals surface area contributed by atoms with E-state index in [4.69, 9.17) is 9.84 Å². The molecule has 0 unspecified atom stereocenters. The van der Waals surface area contributed by atoms with Gasteiger partial charge in [0.25, 0.3) is 0 Å². The van der Waals surface area contributed by atoms with Gasteiger partial charge in [-0.25, -0.2) is 0 Å². The molecule has 0 amide bonds. The molecule has 3 aliphatic rings. The summed E-state index contributed by atoms with van der Waals surface area (Å²) in [4.78, 5) is 23.4. The van der Waals surface area contributed by atoms with Gasteiger partial charge in [0.15, 0.2) is 0 Å². The van der Waals surface area contributed by atoms with E-state index in [1.54, 1.807) is 0 Å². The molecule has 2 aliphatic carbocycles. The lowest BCUT2D eigenvalue weighted by molar-refractivity contribution is -0.148. The summed E-state index contributed by atoms with van der Waals surface area (Å²) < 4.78 is 5.75. The average Bonchev–Trinajstić information content (AvgIpc) is 2.69. The number of carbonyl (C=O) groups is 2. The van der Waals surface area contributed by atoms with Crippen LogP contribution in [-0.2, 0) is 14.3 Å². The second kappa shape index (κ2) is 5.89. The number of carbonyl (C=O) groups excluding carboxylic acids is 1. The average molecular weight is 334 g/mol. The van der Waals surface area contributed by atoms with Crippen LogP contribution in [0, 0.1) is 28.6 Å². The molecule has 0 aromatic rings. The van der Waals surface area contributed by atoms with Gasteiger partial charge in [-0.3, -0.25) is 9.59 Å². The van der Waals surface area contributed by atoms with E-state index in [9.17, 15) is 9.59 Å². The van der Waals surface area contributed by atoms with Gasteiger partial charge in [0.05, 0.1) is 5.41 Å². The molecule has 2 fully saturated rings. The number of carboxylic acids is 1. The highest BCUT2D eigenvalue weighted by Gasteiger charge is 2.65. The Bertz CT molecular complexity index is 580. The van der Waals surface area contributed by atoms with Crippen LogP contribution in [0.25, 0.3) is 0 Å². The summed E-state index contributed by atoms with van der Waals surface area (Å²) in [6, 6.07) is 0. The maximum absolute atomic E-state index is 12.5. The fourth-order valence-corrected chi connectivity index (χ4v) is 5.99. The molecule has 0 spiro atoms. The lowest BCUT2D eigenvalue weighted by atomic mass is 9.48. The van der Waals surface area contributed by atoms with Gasteiger partial charge in [-0.05, 0) is 62.9 Å². The van der Waals surface area contributed by atoms with Crippen molar-refractivity contribution in [3.63, 3.8) is 0 Å². The van der Waals surface area contributed by atoms with Crippen LogP contribution in [0.2, 0.25) is 0 Å². The third-order valence-electron chi connectivity index (χ3n) is 7.09. The van der Waals surface area contributed by atoms with Crippen LogP contribution in [0.3, 0.4) is 0 Å². The number of carboxylic acid groups (broad SMARTS) is 1. The lowest BCUT2D eigenvalue weighted by Crippen LogP contribution is -2.52. The van der Waals surface area contributed by atoms with Gasteiger partial charge in [0.1, 0.15) is 6.10 Å². The minimum absolute atomic E-state index is 0.0210. The zero-order chi connectivity index (χ0) is 17.7. The third-order valence-corrected chi connectivity index (χ3v) is 7.09. The van der Waals surface area contributed by atoms with Crippen molar-refractivity contribution in [1.82, 2.24) is 0 Å². The van der Waals surface area contributed by atoms with Crippen molar-refractivity contribution in [3.05, 3.63) is 11.6 Å². The second-order valence-corrected chi connectivity index (χ2v) is 8.87. The van der Waals surface area contributed by atoms with Crippen LogP contribution < -0.4 is 0 Å². The van der Waals surface area contributed by atoms with Crippen LogP contribution in [-0.4, -0.2) is 23.1 Å². The van der Waals surface area contributed by atoms with Gasteiger partial charge >= 0.3 is 11.9 Å². The number of hydrogen-bond donors (Lipinski definition) is 1. The molecule has 1 heterocycles. The molecule has 3 rings (SSSR count). The molecule has 0 bridgehead atoms. The van der Waals surface area contributed by atoms with Crippen LogP contribution in [0.4, 0.5) is 0 Å². The molecule has 0 radical (unpaired) electrons. The normalized spacial score (nSPS) is 42.1.